The van der Waals surface area contributed by atoms with E-state index in [1.807, 2.05) is 24.3 Å². The lowest BCUT2D eigenvalue weighted by molar-refractivity contribution is 0.318. The molecular weight excluding hydrogens is 510 g/mol. The van der Waals surface area contributed by atoms with Gasteiger partial charge in [0.2, 0.25) is 0 Å². The second-order valence-corrected chi connectivity index (χ2v) is 16.2. The maximum Gasteiger partial charge on any atom is 0.170 e. The summed E-state index contributed by atoms with van der Waals surface area (Å²) in [5, 5.41) is 24.1. The molecular formula is C34H57N5O2. The number of rotatable bonds is 6. The first-order chi connectivity index (χ1) is 18.4. The van der Waals surface area contributed by atoms with Gasteiger partial charge in [-0.15, -0.1) is 0 Å². The molecule has 0 fully saturated rings. The fraction of sp³-hybridized carbons (Fsp3) is 0.588. The van der Waals surface area contributed by atoms with Crippen LogP contribution in [0.5, 0.6) is 0 Å². The van der Waals surface area contributed by atoms with E-state index in [0.717, 1.165) is 53.6 Å². The van der Waals surface area contributed by atoms with Gasteiger partial charge in [-0.05, 0) is 93.9 Å². The summed E-state index contributed by atoms with van der Waals surface area (Å²) in [7, 11) is 0. The van der Waals surface area contributed by atoms with E-state index in [-0.39, 0.29) is 33.3 Å². The summed E-state index contributed by atoms with van der Waals surface area (Å²) in [6.45, 7) is 26.3. The van der Waals surface area contributed by atoms with Gasteiger partial charge >= 0.3 is 0 Å². The number of nitrogens with two attached hydrogens (primary N) is 3. The van der Waals surface area contributed by atoms with E-state index in [9.17, 15) is 0 Å². The van der Waals surface area contributed by atoms with Gasteiger partial charge in [-0.25, -0.2) is 0 Å². The minimum Gasteiger partial charge on any atom is -0.409 e. The fourth-order valence-electron chi connectivity index (χ4n) is 4.82. The summed E-state index contributed by atoms with van der Waals surface area (Å²) in [4.78, 5) is 0. The SMILES string of the molecule is CC(C)(C)Cc1cc(/C(N)=N/O)cc(CC(C)(C)C)c1N.CC(C)(C)Cc1cc(CC(C)(C)C)cc(/C(N)=N/O)c1. The number of hydrogen-bond donors (Lipinski definition) is 5. The summed E-state index contributed by atoms with van der Waals surface area (Å²) in [6.07, 6.45) is 3.64. The average Bonchev–Trinajstić information content (AvgIpc) is 2.76. The van der Waals surface area contributed by atoms with Crippen molar-refractivity contribution in [1.29, 1.82) is 0 Å². The molecule has 2 aromatic carbocycles. The zero-order valence-corrected chi connectivity index (χ0v) is 27.7. The van der Waals surface area contributed by atoms with E-state index in [1.54, 1.807) is 0 Å². The molecule has 2 aromatic rings. The van der Waals surface area contributed by atoms with Crippen molar-refractivity contribution in [2.24, 2.45) is 43.4 Å². The summed E-state index contributed by atoms with van der Waals surface area (Å²) < 4.78 is 0. The van der Waals surface area contributed by atoms with Crippen molar-refractivity contribution in [1.82, 2.24) is 0 Å². The third-order valence-corrected chi connectivity index (χ3v) is 6.12. The first-order valence-corrected chi connectivity index (χ1v) is 14.4. The molecule has 7 nitrogen and oxygen atoms in total. The Morgan fingerprint density at radius 3 is 1.10 bits per heavy atom. The molecule has 0 saturated carbocycles. The highest BCUT2D eigenvalue weighted by molar-refractivity contribution is 5.98. The van der Waals surface area contributed by atoms with Crippen LogP contribution in [0.1, 0.15) is 116 Å². The molecule has 0 heterocycles. The molecule has 7 heteroatoms. The largest absolute Gasteiger partial charge is 0.409 e. The second-order valence-electron chi connectivity index (χ2n) is 16.2. The standard InChI is InChI=1S/C17H29N3O.C17H28N2O/c1-16(2,3)9-12-7-11(15(19)20-21)8-13(14(12)18)10-17(4,5)6;1-16(2,3)10-12-7-13(11-17(4,5)6)9-14(8-12)15(18)19-20/h7-8,21H,9-10,18H2,1-6H3,(H2,19,20);7-9,20H,10-11H2,1-6H3,(H2,18,19). The molecule has 8 N–H and O–H groups in total. The molecule has 0 bridgehead atoms. The Morgan fingerprint density at radius 2 is 0.829 bits per heavy atom. The van der Waals surface area contributed by atoms with Crippen LogP contribution in [0.4, 0.5) is 5.69 Å². The Labute approximate surface area is 249 Å². The van der Waals surface area contributed by atoms with Crippen molar-refractivity contribution < 1.29 is 10.4 Å². The zero-order valence-electron chi connectivity index (χ0n) is 27.7. The van der Waals surface area contributed by atoms with Gasteiger partial charge in [0.15, 0.2) is 11.7 Å². The molecule has 0 saturated heterocycles. The summed E-state index contributed by atoms with van der Waals surface area (Å²) in [5.41, 5.74) is 25.5. The van der Waals surface area contributed by atoms with Gasteiger partial charge in [0.25, 0.3) is 0 Å². The highest BCUT2D eigenvalue weighted by atomic mass is 16.4. The minimum atomic E-state index is 0.122. The first kappa shape index (κ1) is 35.8. The van der Waals surface area contributed by atoms with Crippen LogP contribution in [0.2, 0.25) is 0 Å². The van der Waals surface area contributed by atoms with Crippen LogP contribution < -0.4 is 17.2 Å². The molecule has 0 aromatic heterocycles. The van der Waals surface area contributed by atoms with Crippen molar-refractivity contribution in [2.75, 3.05) is 5.73 Å². The van der Waals surface area contributed by atoms with Crippen molar-refractivity contribution in [3.63, 3.8) is 0 Å². The molecule has 230 valence electrons. The van der Waals surface area contributed by atoms with E-state index in [4.69, 9.17) is 27.6 Å². The number of nitrogen functional groups attached to an aromatic ring is 1. The number of amidine groups is 2. The van der Waals surface area contributed by atoms with Gasteiger partial charge in [-0.1, -0.05) is 99.5 Å². The van der Waals surface area contributed by atoms with Crippen molar-refractivity contribution >= 4 is 17.4 Å². The van der Waals surface area contributed by atoms with E-state index < -0.39 is 0 Å². The number of benzene rings is 2. The number of oxime groups is 2. The van der Waals surface area contributed by atoms with Crippen molar-refractivity contribution in [3.05, 3.63) is 63.7 Å². The van der Waals surface area contributed by atoms with Gasteiger partial charge in [0, 0.05) is 16.8 Å². The maximum absolute atomic E-state index is 8.94. The van der Waals surface area contributed by atoms with Crippen molar-refractivity contribution in [2.45, 2.75) is 109 Å². The topological polar surface area (TPSA) is 143 Å². The lowest BCUT2D eigenvalue weighted by Gasteiger charge is -2.24. The third kappa shape index (κ3) is 13.8. The van der Waals surface area contributed by atoms with Gasteiger partial charge in [-0.2, -0.15) is 0 Å². The number of hydrogen-bond acceptors (Lipinski definition) is 5. The van der Waals surface area contributed by atoms with Gasteiger partial charge in [-0.3, -0.25) is 0 Å². The predicted octanol–water partition coefficient (Wildman–Crippen LogP) is 7.50. The van der Waals surface area contributed by atoms with Gasteiger partial charge in [0.1, 0.15) is 0 Å². The first-order valence-electron chi connectivity index (χ1n) is 14.4. The van der Waals surface area contributed by atoms with Gasteiger partial charge < -0.3 is 27.6 Å². The molecule has 0 aliphatic heterocycles. The molecule has 0 aliphatic carbocycles. The third-order valence-electron chi connectivity index (χ3n) is 6.12. The Bertz CT molecular complexity index is 1150. The monoisotopic (exact) mass is 567 g/mol. The maximum atomic E-state index is 8.94. The number of nitrogens with zero attached hydrogens (tertiary/aromatic N) is 2. The van der Waals surface area contributed by atoms with Crippen LogP contribution in [0.25, 0.3) is 0 Å². The molecule has 0 amide bonds. The van der Waals surface area contributed by atoms with E-state index >= 15 is 0 Å². The van der Waals surface area contributed by atoms with Crippen LogP contribution in [0.3, 0.4) is 0 Å². The minimum absolute atomic E-state index is 0.122. The molecule has 2 rings (SSSR count). The molecule has 0 aliphatic rings. The Kier molecular flexibility index (Phi) is 11.9. The Morgan fingerprint density at radius 1 is 0.537 bits per heavy atom. The Balaban J connectivity index is 0.000000410. The van der Waals surface area contributed by atoms with Gasteiger partial charge in [0.05, 0.1) is 0 Å². The second kappa shape index (κ2) is 13.6. The predicted molar refractivity (Wildman–Crippen MR) is 175 cm³/mol. The molecule has 0 atom stereocenters. The number of anilines is 1. The van der Waals surface area contributed by atoms with Crippen LogP contribution in [-0.2, 0) is 25.7 Å². The summed E-state index contributed by atoms with van der Waals surface area (Å²) in [6, 6.07) is 10.1. The lowest BCUT2D eigenvalue weighted by atomic mass is 9.82. The normalized spacial score (nSPS) is 13.6. The Hall–Kier alpha value is -3.22. The summed E-state index contributed by atoms with van der Waals surface area (Å²) in [5.74, 6) is 0.302. The quantitative estimate of drug-likeness (QED) is 0.0807. The highest BCUT2D eigenvalue weighted by Gasteiger charge is 2.20. The fourth-order valence-corrected chi connectivity index (χ4v) is 4.82. The van der Waals surface area contributed by atoms with Crippen LogP contribution in [0, 0.1) is 21.7 Å². The molecule has 0 unspecified atom stereocenters. The molecule has 41 heavy (non-hydrogen) atoms. The van der Waals surface area contributed by atoms with Crippen molar-refractivity contribution in [3.8, 4) is 0 Å². The summed E-state index contributed by atoms with van der Waals surface area (Å²) >= 11 is 0. The average molecular weight is 568 g/mol. The van der Waals surface area contributed by atoms with Crippen LogP contribution >= 0.6 is 0 Å². The highest BCUT2D eigenvalue weighted by Crippen LogP contribution is 2.32. The smallest absolute Gasteiger partial charge is 0.170 e. The zero-order chi connectivity index (χ0) is 32.0. The molecule has 0 radical (unpaired) electrons. The molecule has 0 spiro atoms. The van der Waals surface area contributed by atoms with E-state index in [2.05, 4.69) is 99.5 Å². The van der Waals surface area contributed by atoms with Crippen LogP contribution in [0.15, 0.2) is 40.6 Å². The van der Waals surface area contributed by atoms with E-state index in [0.29, 0.717) is 0 Å². The van der Waals surface area contributed by atoms with Crippen LogP contribution in [-0.4, -0.2) is 22.1 Å². The van der Waals surface area contributed by atoms with E-state index in [1.165, 1.54) is 11.1 Å². The lowest BCUT2D eigenvalue weighted by Crippen LogP contribution is -2.19.